The lowest BCUT2D eigenvalue weighted by Crippen LogP contribution is -2.08. The fourth-order valence-electron chi connectivity index (χ4n) is 1.91. The van der Waals surface area contributed by atoms with Gasteiger partial charge in [0.05, 0.1) is 5.56 Å². The van der Waals surface area contributed by atoms with Gasteiger partial charge in [0.25, 0.3) is 0 Å². The highest BCUT2D eigenvalue weighted by atomic mass is 16.4. The van der Waals surface area contributed by atoms with Crippen LogP contribution < -0.4 is 5.73 Å². The summed E-state index contributed by atoms with van der Waals surface area (Å²) in [6.07, 6.45) is 0. The van der Waals surface area contributed by atoms with Crippen molar-refractivity contribution in [2.45, 2.75) is 0 Å². The Labute approximate surface area is 119 Å². The summed E-state index contributed by atoms with van der Waals surface area (Å²) in [7, 11) is 0. The molecule has 3 rings (SSSR count). The molecule has 2 aromatic carbocycles. The molecule has 0 radical (unpaired) electrons. The minimum Gasteiger partial charge on any atom is -0.478 e. The van der Waals surface area contributed by atoms with E-state index in [0.29, 0.717) is 11.5 Å². The molecule has 21 heavy (non-hydrogen) atoms. The average molecular weight is 281 g/mol. The van der Waals surface area contributed by atoms with E-state index in [1.54, 1.807) is 0 Å². The van der Waals surface area contributed by atoms with Crippen LogP contribution in [0.4, 0.5) is 5.69 Å². The van der Waals surface area contributed by atoms with Gasteiger partial charge in [-0.2, -0.15) is 0 Å². The van der Waals surface area contributed by atoms with E-state index < -0.39 is 5.97 Å². The molecule has 104 valence electrons. The lowest BCUT2D eigenvalue weighted by Gasteiger charge is -2.04. The number of hydrogen-bond donors (Lipinski definition) is 2. The maximum Gasteiger partial charge on any atom is 0.337 e. The van der Waals surface area contributed by atoms with Crippen molar-refractivity contribution in [3.8, 4) is 17.1 Å². The number of carboxylic acids is 1. The Bertz CT molecular complexity index is 798. The summed E-state index contributed by atoms with van der Waals surface area (Å²) in [4.78, 5) is 12.4. The van der Waals surface area contributed by atoms with Crippen LogP contribution in [0.25, 0.3) is 17.1 Å². The normalized spacial score (nSPS) is 10.5. The minimum absolute atomic E-state index is 0.0567. The Kier molecular flexibility index (Phi) is 3.07. The van der Waals surface area contributed by atoms with Crippen molar-refractivity contribution in [3.05, 3.63) is 54.1 Å². The number of tetrazole rings is 1. The standard InChI is InChI=1S/C14H11N5O2/c15-10-6-7-11(14(20)21)12(8-10)19-17-13(16-18-19)9-4-2-1-3-5-9/h1-8H,15H2,(H,20,21). The van der Waals surface area contributed by atoms with Gasteiger partial charge in [-0.15, -0.1) is 15.0 Å². The molecule has 0 aliphatic carbocycles. The monoisotopic (exact) mass is 281 g/mol. The highest BCUT2D eigenvalue weighted by molar-refractivity contribution is 5.92. The van der Waals surface area contributed by atoms with Crippen LogP contribution >= 0.6 is 0 Å². The highest BCUT2D eigenvalue weighted by Crippen LogP contribution is 2.19. The van der Waals surface area contributed by atoms with Gasteiger partial charge in [-0.25, -0.2) is 4.79 Å². The van der Waals surface area contributed by atoms with Crippen LogP contribution in [0, 0.1) is 0 Å². The van der Waals surface area contributed by atoms with Crippen molar-refractivity contribution in [2.75, 3.05) is 5.73 Å². The molecule has 7 nitrogen and oxygen atoms in total. The predicted molar refractivity (Wildman–Crippen MR) is 76.0 cm³/mol. The first-order valence-electron chi connectivity index (χ1n) is 6.14. The van der Waals surface area contributed by atoms with Crippen LogP contribution in [0.1, 0.15) is 10.4 Å². The third-order valence-electron chi connectivity index (χ3n) is 2.91. The number of nitrogen functional groups attached to an aromatic ring is 1. The van der Waals surface area contributed by atoms with E-state index in [1.165, 1.54) is 23.0 Å². The zero-order chi connectivity index (χ0) is 14.8. The number of anilines is 1. The van der Waals surface area contributed by atoms with Gasteiger partial charge in [-0.05, 0) is 23.4 Å². The van der Waals surface area contributed by atoms with Gasteiger partial charge < -0.3 is 10.8 Å². The quantitative estimate of drug-likeness (QED) is 0.706. The zero-order valence-electron chi connectivity index (χ0n) is 10.8. The van der Waals surface area contributed by atoms with E-state index >= 15 is 0 Å². The van der Waals surface area contributed by atoms with E-state index in [4.69, 9.17) is 5.73 Å². The van der Waals surface area contributed by atoms with E-state index in [9.17, 15) is 9.90 Å². The summed E-state index contributed by atoms with van der Waals surface area (Å²) < 4.78 is 0. The summed E-state index contributed by atoms with van der Waals surface area (Å²) in [5, 5.41) is 21.3. The number of carbonyl (C=O) groups is 1. The maximum absolute atomic E-state index is 11.3. The Balaban J connectivity index is 2.08. The predicted octanol–water partition coefficient (Wildman–Crippen LogP) is 1.61. The van der Waals surface area contributed by atoms with Crippen LogP contribution in [0.15, 0.2) is 48.5 Å². The Morgan fingerprint density at radius 1 is 1.14 bits per heavy atom. The maximum atomic E-state index is 11.3. The second-order valence-corrected chi connectivity index (χ2v) is 4.35. The second kappa shape index (κ2) is 5.04. The molecule has 0 aliphatic heterocycles. The molecule has 0 saturated carbocycles. The largest absolute Gasteiger partial charge is 0.478 e. The van der Waals surface area contributed by atoms with Gasteiger partial charge in [0.15, 0.2) is 0 Å². The molecule has 0 unspecified atom stereocenters. The van der Waals surface area contributed by atoms with E-state index in [1.807, 2.05) is 30.3 Å². The lowest BCUT2D eigenvalue weighted by atomic mass is 10.1. The molecule has 0 fully saturated rings. The Morgan fingerprint density at radius 2 is 1.90 bits per heavy atom. The van der Waals surface area contributed by atoms with Gasteiger partial charge in [0.2, 0.25) is 5.82 Å². The van der Waals surface area contributed by atoms with Crippen LogP contribution in [-0.2, 0) is 0 Å². The van der Waals surface area contributed by atoms with Gasteiger partial charge >= 0.3 is 5.97 Å². The summed E-state index contributed by atoms with van der Waals surface area (Å²) in [5.74, 6) is -0.669. The Hall–Kier alpha value is -3.22. The van der Waals surface area contributed by atoms with Crippen molar-refractivity contribution in [1.82, 2.24) is 20.2 Å². The number of nitrogens with zero attached hydrogens (tertiary/aromatic N) is 4. The zero-order valence-corrected chi connectivity index (χ0v) is 10.8. The van der Waals surface area contributed by atoms with Gasteiger partial charge in [-0.3, -0.25) is 0 Å². The van der Waals surface area contributed by atoms with E-state index in [0.717, 1.165) is 5.56 Å². The molecule has 0 amide bonds. The number of rotatable bonds is 3. The molecular weight excluding hydrogens is 270 g/mol. The molecule has 0 aliphatic rings. The number of nitrogens with two attached hydrogens (primary N) is 1. The van der Waals surface area contributed by atoms with Gasteiger partial charge in [-0.1, -0.05) is 30.3 Å². The summed E-state index contributed by atoms with van der Waals surface area (Å²) in [6, 6.07) is 13.7. The number of carboxylic acid groups (broad SMARTS) is 1. The highest BCUT2D eigenvalue weighted by Gasteiger charge is 2.15. The smallest absolute Gasteiger partial charge is 0.337 e. The van der Waals surface area contributed by atoms with Crippen LogP contribution in [0.2, 0.25) is 0 Å². The molecule has 0 atom stereocenters. The lowest BCUT2D eigenvalue weighted by molar-refractivity contribution is 0.0696. The molecule has 3 N–H and O–H groups in total. The third-order valence-corrected chi connectivity index (χ3v) is 2.91. The second-order valence-electron chi connectivity index (χ2n) is 4.35. The van der Waals surface area contributed by atoms with Crippen molar-refractivity contribution in [3.63, 3.8) is 0 Å². The van der Waals surface area contributed by atoms with Crippen LogP contribution in [-0.4, -0.2) is 31.3 Å². The van der Waals surface area contributed by atoms with Crippen molar-refractivity contribution >= 4 is 11.7 Å². The summed E-state index contributed by atoms with van der Waals surface area (Å²) >= 11 is 0. The molecule has 0 saturated heterocycles. The SMILES string of the molecule is Nc1ccc(C(=O)O)c(-n2nnc(-c3ccccc3)n2)c1. The third kappa shape index (κ3) is 2.44. The summed E-state index contributed by atoms with van der Waals surface area (Å²) in [6.45, 7) is 0. The molecule has 7 heteroatoms. The van der Waals surface area contributed by atoms with Crippen molar-refractivity contribution in [2.24, 2.45) is 0 Å². The number of benzene rings is 2. The first kappa shape index (κ1) is 12.8. The average Bonchev–Trinajstić information content (AvgIpc) is 2.97. The van der Waals surface area contributed by atoms with Crippen LogP contribution in [0.5, 0.6) is 0 Å². The molecule has 0 bridgehead atoms. The summed E-state index contributed by atoms with van der Waals surface area (Å²) in [5.41, 5.74) is 7.25. The van der Waals surface area contributed by atoms with E-state index in [2.05, 4.69) is 15.4 Å². The molecule has 1 heterocycles. The van der Waals surface area contributed by atoms with E-state index in [-0.39, 0.29) is 11.3 Å². The first-order chi connectivity index (χ1) is 10.1. The van der Waals surface area contributed by atoms with Gasteiger partial charge in [0.1, 0.15) is 5.69 Å². The topological polar surface area (TPSA) is 107 Å². The van der Waals surface area contributed by atoms with Crippen LogP contribution in [0.3, 0.4) is 0 Å². The number of aromatic carboxylic acids is 1. The number of hydrogen-bond acceptors (Lipinski definition) is 5. The molecule has 1 aromatic heterocycles. The Morgan fingerprint density at radius 3 is 2.62 bits per heavy atom. The number of aromatic nitrogens is 4. The van der Waals surface area contributed by atoms with Crippen molar-refractivity contribution < 1.29 is 9.90 Å². The fourth-order valence-corrected chi connectivity index (χ4v) is 1.91. The fraction of sp³-hybridized carbons (Fsp3) is 0. The molecule has 3 aromatic rings. The first-order valence-corrected chi connectivity index (χ1v) is 6.14. The minimum atomic E-state index is -1.08. The van der Waals surface area contributed by atoms with Gasteiger partial charge in [0, 0.05) is 11.3 Å². The molecule has 0 spiro atoms. The van der Waals surface area contributed by atoms with Crippen molar-refractivity contribution in [1.29, 1.82) is 0 Å². The molecular formula is C14H11N5O2.